The second-order valence-corrected chi connectivity index (χ2v) is 5.75. The van der Waals surface area contributed by atoms with Crippen LogP contribution in [0.4, 0.5) is 0 Å². The van der Waals surface area contributed by atoms with Gasteiger partial charge in [0.1, 0.15) is 5.75 Å². The Morgan fingerprint density at radius 3 is 2.67 bits per heavy atom. The largest absolute Gasteiger partial charge is 0.496 e. The maximum Gasteiger partial charge on any atom is 0.122 e. The molecule has 2 nitrogen and oxygen atoms in total. The molecule has 0 amide bonds. The quantitative estimate of drug-likeness (QED) is 0.816. The summed E-state index contributed by atoms with van der Waals surface area (Å²) in [6.45, 7) is 2.92. The third-order valence-corrected chi connectivity index (χ3v) is 4.04. The zero-order valence-electron chi connectivity index (χ0n) is 12.2. The average Bonchev–Trinajstić information content (AvgIpc) is 2.50. The molecule has 0 aliphatic heterocycles. The summed E-state index contributed by atoms with van der Waals surface area (Å²) in [5.41, 5.74) is 2.21. The van der Waals surface area contributed by atoms with Crippen molar-refractivity contribution in [1.82, 2.24) is 5.32 Å². The maximum atomic E-state index is 6.22. The first-order valence-corrected chi connectivity index (χ1v) is 7.67. The van der Waals surface area contributed by atoms with Gasteiger partial charge in [0, 0.05) is 16.1 Å². The highest BCUT2D eigenvalue weighted by Gasteiger charge is 2.10. The lowest BCUT2D eigenvalue weighted by Gasteiger charge is -2.16. The van der Waals surface area contributed by atoms with E-state index in [1.54, 1.807) is 13.2 Å². The normalized spacial score (nSPS) is 12.2. The Morgan fingerprint density at radius 1 is 1.14 bits per heavy atom. The summed E-state index contributed by atoms with van der Waals surface area (Å²) in [5.74, 6) is 0.924. The second kappa shape index (κ2) is 7.69. The van der Waals surface area contributed by atoms with Gasteiger partial charge in [-0.3, -0.25) is 0 Å². The first-order chi connectivity index (χ1) is 10.1. The molecule has 0 aliphatic carbocycles. The molecule has 0 spiro atoms. The number of ether oxygens (including phenoxy) is 1. The Bertz CT molecular complexity index is 601. The number of rotatable bonds is 6. The summed E-state index contributed by atoms with van der Waals surface area (Å²) in [5, 5.41) is 4.90. The molecular weight excluding hydrogens is 305 g/mol. The molecule has 0 radical (unpaired) electrons. The van der Waals surface area contributed by atoms with E-state index in [2.05, 4.69) is 18.3 Å². The van der Waals surface area contributed by atoms with Crippen molar-refractivity contribution in [2.24, 2.45) is 0 Å². The topological polar surface area (TPSA) is 21.3 Å². The number of hydrogen-bond acceptors (Lipinski definition) is 2. The molecule has 1 unspecified atom stereocenters. The Labute approximate surface area is 136 Å². The number of hydrogen-bond donors (Lipinski definition) is 1. The van der Waals surface area contributed by atoms with E-state index in [-0.39, 0.29) is 6.04 Å². The highest BCUT2D eigenvalue weighted by Crippen LogP contribution is 2.26. The van der Waals surface area contributed by atoms with Crippen LogP contribution >= 0.6 is 23.2 Å². The molecule has 4 heteroatoms. The highest BCUT2D eigenvalue weighted by molar-refractivity contribution is 6.33. The summed E-state index contributed by atoms with van der Waals surface area (Å²) in [7, 11) is 1.70. The van der Waals surface area contributed by atoms with Crippen molar-refractivity contribution in [3.05, 3.63) is 63.6 Å². The Morgan fingerprint density at radius 2 is 1.90 bits per heavy atom. The number of benzene rings is 2. The van der Waals surface area contributed by atoms with Crippen molar-refractivity contribution in [2.75, 3.05) is 13.7 Å². The molecule has 112 valence electrons. The van der Waals surface area contributed by atoms with Crippen LogP contribution < -0.4 is 10.1 Å². The van der Waals surface area contributed by atoms with E-state index >= 15 is 0 Å². The summed E-state index contributed by atoms with van der Waals surface area (Å²) in [6.07, 6.45) is 0.895. The van der Waals surface area contributed by atoms with Crippen LogP contribution in [-0.4, -0.2) is 13.7 Å². The van der Waals surface area contributed by atoms with Crippen molar-refractivity contribution in [2.45, 2.75) is 19.4 Å². The molecule has 0 aromatic heterocycles. The molecule has 2 aromatic rings. The van der Waals surface area contributed by atoms with Gasteiger partial charge < -0.3 is 10.1 Å². The molecule has 0 heterocycles. The fourth-order valence-electron chi connectivity index (χ4n) is 2.29. The Balaban J connectivity index is 1.95. The first kappa shape index (κ1) is 16.2. The monoisotopic (exact) mass is 323 g/mol. The van der Waals surface area contributed by atoms with Crippen LogP contribution in [-0.2, 0) is 6.42 Å². The van der Waals surface area contributed by atoms with Crippen molar-refractivity contribution < 1.29 is 4.74 Å². The van der Waals surface area contributed by atoms with E-state index in [1.807, 2.05) is 30.3 Å². The van der Waals surface area contributed by atoms with Crippen LogP contribution in [0.1, 0.15) is 24.1 Å². The minimum Gasteiger partial charge on any atom is -0.496 e. The molecule has 0 saturated heterocycles. The van der Waals surface area contributed by atoms with Crippen LogP contribution in [0.25, 0.3) is 0 Å². The third kappa shape index (κ3) is 4.37. The Hall–Kier alpha value is -1.22. The lowest BCUT2D eigenvalue weighted by molar-refractivity contribution is 0.408. The number of nitrogens with one attached hydrogen (secondary N) is 1. The fraction of sp³-hybridized carbons (Fsp3) is 0.294. The van der Waals surface area contributed by atoms with Gasteiger partial charge in [-0.1, -0.05) is 41.4 Å². The Kier molecular flexibility index (Phi) is 5.92. The van der Waals surface area contributed by atoms with Gasteiger partial charge in [-0.05, 0) is 55.3 Å². The van der Waals surface area contributed by atoms with Crippen molar-refractivity contribution in [3.63, 3.8) is 0 Å². The molecule has 0 fully saturated rings. The zero-order valence-corrected chi connectivity index (χ0v) is 13.7. The van der Waals surface area contributed by atoms with Gasteiger partial charge in [0.15, 0.2) is 0 Å². The SMILES string of the molecule is COc1ccccc1CCNC(C)c1cc(Cl)ccc1Cl. The number of methoxy groups -OCH3 is 1. The lowest BCUT2D eigenvalue weighted by atomic mass is 10.1. The third-order valence-electron chi connectivity index (χ3n) is 3.46. The van der Waals surface area contributed by atoms with Crippen LogP contribution in [0, 0.1) is 0 Å². The summed E-state index contributed by atoms with van der Waals surface area (Å²) < 4.78 is 5.36. The average molecular weight is 324 g/mol. The van der Waals surface area contributed by atoms with Crippen LogP contribution in [0.2, 0.25) is 10.0 Å². The van der Waals surface area contributed by atoms with E-state index < -0.39 is 0 Å². The van der Waals surface area contributed by atoms with Gasteiger partial charge >= 0.3 is 0 Å². The molecule has 21 heavy (non-hydrogen) atoms. The first-order valence-electron chi connectivity index (χ1n) is 6.92. The predicted molar refractivity (Wildman–Crippen MR) is 89.6 cm³/mol. The van der Waals surface area contributed by atoms with Gasteiger partial charge in [0.2, 0.25) is 0 Å². The van der Waals surface area contributed by atoms with E-state index in [0.29, 0.717) is 5.02 Å². The van der Waals surface area contributed by atoms with E-state index in [4.69, 9.17) is 27.9 Å². The van der Waals surface area contributed by atoms with Gasteiger partial charge in [0.25, 0.3) is 0 Å². The smallest absolute Gasteiger partial charge is 0.122 e. The minimum atomic E-state index is 0.144. The van der Waals surface area contributed by atoms with Gasteiger partial charge in [-0.25, -0.2) is 0 Å². The fourth-order valence-corrected chi connectivity index (χ4v) is 2.75. The van der Waals surface area contributed by atoms with Gasteiger partial charge in [-0.15, -0.1) is 0 Å². The zero-order chi connectivity index (χ0) is 15.2. The standard InChI is InChI=1S/C17H19Cl2NO/c1-12(15-11-14(18)7-8-16(15)19)20-10-9-13-5-3-4-6-17(13)21-2/h3-8,11-12,20H,9-10H2,1-2H3. The summed E-state index contributed by atoms with van der Waals surface area (Å²) >= 11 is 12.2. The van der Waals surface area contributed by atoms with E-state index in [1.165, 1.54) is 5.56 Å². The molecule has 2 rings (SSSR count). The van der Waals surface area contributed by atoms with Crippen molar-refractivity contribution in [1.29, 1.82) is 0 Å². The van der Waals surface area contributed by atoms with Crippen molar-refractivity contribution in [3.8, 4) is 5.75 Å². The maximum absolute atomic E-state index is 6.22. The molecule has 0 aliphatic rings. The van der Waals surface area contributed by atoms with Gasteiger partial charge in [0.05, 0.1) is 7.11 Å². The highest BCUT2D eigenvalue weighted by atomic mass is 35.5. The lowest BCUT2D eigenvalue weighted by Crippen LogP contribution is -2.21. The molecule has 1 N–H and O–H groups in total. The summed E-state index contributed by atoms with van der Waals surface area (Å²) in [6, 6.07) is 13.7. The summed E-state index contributed by atoms with van der Waals surface area (Å²) in [4.78, 5) is 0. The second-order valence-electron chi connectivity index (χ2n) is 4.90. The number of para-hydroxylation sites is 1. The molecule has 0 bridgehead atoms. The molecular formula is C17H19Cl2NO. The molecule has 2 aromatic carbocycles. The predicted octanol–water partition coefficient (Wildman–Crippen LogP) is 4.90. The van der Waals surface area contributed by atoms with Gasteiger partial charge in [-0.2, -0.15) is 0 Å². The van der Waals surface area contributed by atoms with Crippen LogP contribution in [0.3, 0.4) is 0 Å². The van der Waals surface area contributed by atoms with Crippen molar-refractivity contribution >= 4 is 23.2 Å². The van der Waals surface area contributed by atoms with Crippen LogP contribution in [0.15, 0.2) is 42.5 Å². The van der Waals surface area contributed by atoms with Crippen LogP contribution in [0.5, 0.6) is 5.75 Å². The van der Waals surface area contributed by atoms with E-state index in [9.17, 15) is 0 Å². The molecule has 0 saturated carbocycles. The minimum absolute atomic E-state index is 0.144. The van der Waals surface area contributed by atoms with E-state index in [0.717, 1.165) is 29.3 Å². The molecule has 1 atom stereocenters. The number of halogens is 2.